The van der Waals surface area contributed by atoms with Gasteiger partial charge in [-0.15, -0.1) is 0 Å². The lowest BCUT2D eigenvalue weighted by atomic mass is 9.56. The number of Topliss-reactive ketones (excluding diaryl/α,β-unsaturated/α-hetero) is 1. The molecule has 2 aromatic rings. The maximum absolute atomic E-state index is 15.0. The molecular formula is C29H32F4N3O2+. The molecule has 0 saturated heterocycles. The second-order valence-electron chi connectivity index (χ2n) is 11.7. The number of nitrogens with one attached hydrogen (secondary N) is 1. The number of benzene rings is 1. The Morgan fingerprint density at radius 2 is 1.89 bits per heavy atom. The van der Waals surface area contributed by atoms with Crippen molar-refractivity contribution in [3.63, 3.8) is 0 Å². The summed E-state index contributed by atoms with van der Waals surface area (Å²) in [6.45, 7) is 5.92. The first-order chi connectivity index (χ1) is 17.8. The highest BCUT2D eigenvalue weighted by atomic mass is 19.4. The number of carbonyl (C=O) groups excluding carboxylic acids is 1. The lowest BCUT2D eigenvalue weighted by Gasteiger charge is -2.51. The molecule has 2 aliphatic heterocycles. The predicted molar refractivity (Wildman–Crippen MR) is 135 cm³/mol. The number of fused-ring (bicyclic) bond motifs is 1. The van der Waals surface area contributed by atoms with E-state index in [1.807, 2.05) is 26.8 Å². The van der Waals surface area contributed by atoms with Crippen LogP contribution in [0.1, 0.15) is 45.6 Å². The molecule has 1 N–H and O–H groups in total. The smallest absolute Gasteiger partial charge is 0.400 e. The van der Waals surface area contributed by atoms with E-state index in [4.69, 9.17) is 4.74 Å². The fourth-order valence-corrected chi connectivity index (χ4v) is 6.71. The summed E-state index contributed by atoms with van der Waals surface area (Å²) in [5.74, 6) is -2.62. The van der Waals surface area contributed by atoms with Crippen molar-refractivity contribution in [2.45, 2.75) is 57.8 Å². The number of aromatic nitrogens is 1. The number of ketones is 1. The van der Waals surface area contributed by atoms with Crippen molar-refractivity contribution in [2.75, 3.05) is 14.2 Å². The SMILES string of the molecule is COc1cncc(F)c1-c1cccc([C@]2(C)C3=C(CC(C)(C)CC3=O)NC3C2CC(C(F)(F)F)C=[N+]3C)c1. The lowest BCUT2D eigenvalue weighted by molar-refractivity contribution is -0.562. The van der Waals surface area contributed by atoms with E-state index in [1.165, 1.54) is 19.5 Å². The molecule has 4 atom stereocenters. The van der Waals surface area contributed by atoms with Crippen molar-refractivity contribution in [3.8, 4) is 16.9 Å². The van der Waals surface area contributed by atoms with Crippen LogP contribution < -0.4 is 10.1 Å². The summed E-state index contributed by atoms with van der Waals surface area (Å²) in [6.07, 6.45) is -0.359. The van der Waals surface area contributed by atoms with Crippen molar-refractivity contribution in [2.24, 2.45) is 17.3 Å². The fourth-order valence-electron chi connectivity index (χ4n) is 6.71. The Bertz CT molecular complexity index is 1360. The van der Waals surface area contributed by atoms with Gasteiger partial charge in [0, 0.05) is 23.1 Å². The quantitative estimate of drug-likeness (QED) is 0.413. The Hall–Kier alpha value is -3.23. The Morgan fingerprint density at radius 3 is 2.58 bits per heavy atom. The van der Waals surface area contributed by atoms with Gasteiger partial charge in [0.2, 0.25) is 6.17 Å². The number of ether oxygens (including phenoxy) is 1. The Kier molecular flexibility index (Phi) is 6.19. The van der Waals surface area contributed by atoms with Crippen molar-refractivity contribution in [3.05, 3.63) is 59.3 Å². The minimum Gasteiger partial charge on any atom is -0.494 e. The molecule has 3 unspecified atom stereocenters. The predicted octanol–water partition coefficient (Wildman–Crippen LogP) is 5.64. The molecule has 0 saturated carbocycles. The Balaban J connectivity index is 1.74. The number of methoxy groups -OCH3 is 1. The molecular weight excluding hydrogens is 498 g/mol. The maximum Gasteiger partial charge on any atom is 0.400 e. The summed E-state index contributed by atoms with van der Waals surface area (Å²) >= 11 is 0. The minimum atomic E-state index is -4.41. The second kappa shape index (κ2) is 8.92. The van der Waals surface area contributed by atoms with E-state index in [0.717, 1.165) is 11.9 Å². The number of pyridine rings is 1. The van der Waals surface area contributed by atoms with E-state index < -0.39 is 35.4 Å². The number of hydrogen-bond donors (Lipinski definition) is 1. The van der Waals surface area contributed by atoms with E-state index in [0.29, 0.717) is 29.5 Å². The van der Waals surface area contributed by atoms with Gasteiger partial charge in [-0.1, -0.05) is 39.0 Å². The number of alkyl halides is 3. The number of halogens is 4. The van der Waals surface area contributed by atoms with Gasteiger partial charge in [-0.3, -0.25) is 9.78 Å². The summed E-state index contributed by atoms with van der Waals surface area (Å²) in [6, 6.07) is 7.09. The van der Waals surface area contributed by atoms with Gasteiger partial charge < -0.3 is 10.1 Å². The normalized spacial score (nSPS) is 28.7. The van der Waals surface area contributed by atoms with Gasteiger partial charge in [-0.2, -0.15) is 13.2 Å². The standard InChI is InChI=1S/C29H31F4N3O2/c1-27(2)11-21-25(22(37)12-27)28(3,19-10-18(29(31,32)33)15-36(4)26(19)35-21)17-8-6-7-16(9-17)24-20(30)13-34-14-23(24)38-5/h6-9,13-15,18-19,26H,10-12H2,1-5H3/p+1/t18?,19?,26?,28-/m0/s1. The van der Waals surface area contributed by atoms with E-state index in [1.54, 1.807) is 29.8 Å². The molecule has 5 nitrogen and oxygen atoms in total. The number of rotatable bonds is 3. The van der Waals surface area contributed by atoms with Crippen molar-refractivity contribution in [1.29, 1.82) is 0 Å². The fraction of sp³-hybridized carbons (Fsp3) is 0.483. The summed E-state index contributed by atoms with van der Waals surface area (Å²) in [5, 5.41) is 3.46. The third-order valence-corrected chi connectivity index (χ3v) is 8.46. The summed E-state index contributed by atoms with van der Waals surface area (Å²) in [5.41, 5.74) is 1.37. The molecule has 0 bridgehead atoms. The van der Waals surface area contributed by atoms with Gasteiger partial charge in [0.1, 0.15) is 18.7 Å². The molecule has 1 aromatic heterocycles. The largest absolute Gasteiger partial charge is 0.494 e. The highest BCUT2D eigenvalue weighted by Crippen LogP contribution is 2.54. The number of allylic oxidation sites excluding steroid dienone is 2. The minimum absolute atomic E-state index is 0.0662. The molecule has 0 amide bonds. The summed E-state index contributed by atoms with van der Waals surface area (Å²) < 4.78 is 64.0. The van der Waals surface area contributed by atoms with Crippen molar-refractivity contribution >= 4 is 12.0 Å². The molecule has 0 radical (unpaired) electrons. The molecule has 0 spiro atoms. The number of carbonyl (C=O) groups is 1. The van der Waals surface area contributed by atoms with Gasteiger partial charge in [0.05, 0.1) is 31.0 Å². The van der Waals surface area contributed by atoms with E-state index in [2.05, 4.69) is 10.3 Å². The zero-order chi connectivity index (χ0) is 27.6. The maximum atomic E-state index is 15.0. The molecule has 9 heteroatoms. The first kappa shape index (κ1) is 26.4. The molecule has 1 aliphatic carbocycles. The first-order valence-corrected chi connectivity index (χ1v) is 12.7. The van der Waals surface area contributed by atoms with Gasteiger partial charge in [0.15, 0.2) is 17.8 Å². The van der Waals surface area contributed by atoms with Crippen LogP contribution in [0.25, 0.3) is 11.1 Å². The lowest BCUT2D eigenvalue weighted by Crippen LogP contribution is -2.62. The van der Waals surface area contributed by atoms with Gasteiger partial charge >= 0.3 is 6.18 Å². The van der Waals surface area contributed by atoms with Crippen LogP contribution in [-0.4, -0.2) is 48.1 Å². The molecule has 1 aromatic carbocycles. The van der Waals surface area contributed by atoms with Gasteiger partial charge in [0.25, 0.3) is 0 Å². The Labute approximate surface area is 219 Å². The summed E-state index contributed by atoms with van der Waals surface area (Å²) in [7, 11) is 3.08. The van der Waals surface area contributed by atoms with E-state index >= 15 is 0 Å². The first-order valence-electron chi connectivity index (χ1n) is 12.7. The van der Waals surface area contributed by atoms with Crippen molar-refractivity contribution in [1.82, 2.24) is 10.3 Å². The van der Waals surface area contributed by atoms with Crippen LogP contribution in [0.15, 0.2) is 47.9 Å². The molecule has 202 valence electrons. The molecule has 3 heterocycles. The van der Waals surface area contributed by atoms with E-state index in [-0.39, 0.29) is 28.9 Å². The van der Waals surface area contributed by atoms with Gasteiger partial charge in [-0.25, -0.2) is 8.97 Å². The monoisotopic (exact) mass is 530 g/mol. The third-order valence-electron chi connectivity index (χ3n) is 8.46. The van der Waals surface area contributed by atoms with E-state index in [9.17, 15) is 22.4 Å². The van der Waals surface area contributed by atoms with Crippen LogP contribution in [0, 0.1) is 23.1 Å². The second-order valence-corrected chi connectivity index (χ2v) is 11.7. The third kappa shape index (κ3) is 4.20. The molecule has 0 fully saturated rings. The Morgan fingerprint density at radius 1 is 1.16 bits per heavy atom. The number of nitrogens with zero attached hydrogens (tertiary/aromatic N) is 2. The van der Waals surface area contributed by atoms with Crippen LogP contribution >= 0.6 is 0 Å². The summed E-state index contributed by atoms with van der Waals surface area (Å²) in [4.78, 5) is 17.6. The molecule has 5 rings (SSSR count). The zero-order valence-electron chi connectivity index (χ0n) is 22.1. The van der Waals surface area contributed by atoms with Crippen LogP contribution in [0.3, 0.4) is 0 Å². The van der Waals surface area contributed by atoms with Crippen LogP contribution in [0.2, 0.25) is 0 Å². The average Bonchev–Trinajstić information content (AvgIpc) is 2.82. The van der Waals surface area contributed by atoms with Gasteiger partial charge in [-0.05, 0) is 35.4 Å². The topological polar surface area (TPSA) is 54.2 Å². The average molecular weight is 531 g/mol. The van der Waals surface area contributed by atoms with Crippen molar-refractivity contribution < 1.29 is 31.7 Å². The van der Waals surface area contributed by atoms with Crippen LogP contribution in [0.4, 0.5) is 17.6 Å². The highest BCUT2D eigenvalue weighted by molar-refractivity contribution is 6.00. The highest BCUT2D eigenvalue weighted by Gasteiger charge is 2.60. The zero-order valence-corrected chi connectivity index (χ0v) is 22.1. The molecule has 3 aliphatic rings. The number of hydrogen-bond acceptors (Lipinski definition) is 4. The molecule has 38 heavy (non-hydrogen) atoms. The van der Waals surface area contributed by atoms with Crippen LogP contribution in [-0.2, 0) is 10.2 Å². The van der Waals surface area contributed by atoms with Crippen LogP contribution in [0.5, 0.6) is 5.75 Å².